The van der Waals surface area contributed by atoms with Crippen LogP contribution in [0.4, 0.5) is 0 Å². The normalized spacial score (nSPS) is 11.8. The van der Waals surface area contributed by atoms with Gasteiger partial charge in [-0.05, 0) is 0 Å². The third-order valence-electron chi connectivity index (χ3n) is 0.797. The van der Waals surface area contributed by atoms with Crippen molar-refractivity contribution in [1.82, 2.24) is 14.8 Å². The van der Waals surface area contributed by atoms with Crippen molar-refractivity contribution < 1.29 is 8.42 Å². The van der Waals surface area contributed by atoms with E-state index < -0.39 is 9.05 Å². The highest BCUT2D eigenvalue weighted by Gasteiger charge is 2.14. The second-order valence-electron chi connectivity index (χ2n) is 1.64. The zero-order chi connectivity index (χ0) is 7.78. The van der Waals surface area contributed by atoms with Gasteiger partial charge < -0.3 is 0 Å². The summed E-state index contributed by atoms with van der Waals surface area (Å²) in [6.07, 6.45) is 1.26. The topological polar surface area (TPSA) is 64.8 Å². The van der Waals surface area contributed by atoms with Crippen LogP contribution in [0.3, 0.4) is 0 Å². The van der Waals surface area contributed by atoms with Crippen LogP contribution < -0.4 is 0 Å². The molecule has 0 saturated heterocycles. The first-order chi connectivity index (χ1) is 4.50. The molecular weight excluding hydrogens is 178 g/mol. The van der Waals surface area contributed by atoms with Crippen molar-refractivity contribution in [3.05, 3.63) is 6.33 Å². The Labute approximate surface area is 62.1 Å². The van der Waals surface area contributed by atoms with Crippen molar-refractivity contribution in [3.8, 4) is 0 Å². The zero-order valence-electron chi connectivity index (χ0n) is 5.02. The number of aryl methyl sites for hydroxylation is 1. The van der Waals surface area contributed by atoms with Gasteiger partial charge in [-0.25, -0.2) is 13.4 Å². The maximum absolute atomic E-state index is 10.5. The average Bonchev–Trinajstić information content (AvgIpc) is 2.11. The number of hydrogen-bond donors (Lipinski definition) is 0. The molecular formula is C3H4ClN3O2S. The summed E-state index contributed by atoms with van der Waals surface area (Å²) >= 11 is 0. The summed E-state index contributed by atoms with van der Waals surface area (Å²) in [6, 6.07) is 0. The maximum atomic E-state index is 10.5. The molecule has 0 atom stereocenters. The molecule has 5 nitrogen and oxygen atoms in total. The molecule has 0 saturated carbocycles. The van der Waals surface area contributed by atoms with Crippen LogP contribution in [0.5, 0.6) is 0 Å². The number of nitrogens with zero attached hydrogens (tertiary/aromatic N) is 3. The van der Waals surface area contributed by atoms with E-state index in [9.17, 15) is 8.42 Å². The molecule has 0 radical (unpaired) electrons. The Hall–Kier alpha value is -0.620. The third kappa shape index (κ3) is 1.45. The van der Waals surface area contributed by atoms with Crippen molar-refractivity contribution in [2.45, 2.75) is 5.16 Å². The lowest BCUT2D eigenvalue weighted by Crippen LogP contribution is -1.95. The van der Waals surface area contributed by atoms with Crippen LogP contribution in [-0.2, 0) is 16.1 Å². The Morgan fingerprint density at radius 2 is 2.30 bits per heavy atom. The molecule has 1 heterocycles. The molecule has 1 aromatic heterocycles. The molecule has 0 N–H and O–H groups in total. The van der Waals surface area contributed by atoms with E-state index in [-0.39, 0.29) is 5.16 Å². The predicted octanol–water partition coefficient (Wildman–Crippen LogP) is -0.257. The van der Waals surface area contributed by atoms with E-state index in [1.807, 2.05) is 0 Å². The van der Waals surface area contributed by atoms with Crippen LogP contribution in [0, 0.1) is 0 Å². The average molecular weight is 182 g/mol. The first-order valence-electron chi connectivity index (χ1n) is 2.30. The van der Waals surface area contributed by atoms with Crippen LogP contribution in [0.1, 0.15) is 0 Å². The lowest BCUT2D eigenvalue weighted by molar-refractivity contribution is 0.598. The smallest absolute Gasteiger partial charge is 0.255 e. The molecule has 10 heavy (non-hydrogen) atoms. The minimum atomic E-state index is -3.75. The summed E-state index contributed by atoms with van der Waals surface area (Å²) in [7, 11) is 2.71. The van der Waals surface area contributed by atoms with Crippen molar-refractivity contribution in [3.63, 3.8) is 0 Å². The maximum Gasteiger partial charge on any atom is 0.298 e. The SMILES string of the molecule is Cn1cnc(S(=O)(=O)Cl)n1. The molecule has 0 aromatic carbocycles. The van der Waals surface area contributed by atoms with Gasteiger partial charge in [-0.15, -0.1) is 5.10 Å². The predicted molar refractivity (Wildman–Crippen MR) is 34.0 cm³/mol. The highest BCUT2D eigenvalue weighted by atomic mass is 35.7. The second-order valence-corrected chi connectivity index (χ2v) is 4.10. The minimum absolute atomic E-state index is 0.364. The second kappa shape index (κ2) is 2.21. The monoisotopic (exact) mass is 181 g/mol. The van der Waals surface area contributed by atoms with Crippen molar-refractivity contribution in [1.29, 1.82) is 0 Å². The van der Waals surface area contributed by atoms with Crippen LogP contribution in [0.15, 0.2) is 11.5 Å². The molecule has 0 aliphatic rings. The lowest BCUT2D eigenvalue weighted by atomic mass is 11.2. The number of hydrogen-bond acceptors (Lipinski definition) is 4. The fraction of sp³-hybridized carbons (Fsp3) is 0.333. The highest BCUT2D eigenvalue weighted by Crippen LogP contribution is 2.06. The number of halogens is 1. The van der Waals surface area contributed by atoms with E-state index in [2.05, 4.69) is 10.1 Å². The summed E-state index contributed by atoms with van der Waals surface area (Å²) < 4.78 is 22.2. The molecule has 0 fully saturated rings. The van der Waals surface area contributed by atoms with Gasteiger partial charge in [0, 0.05) is 17.7 Å². The van der Waals surface area contributed by atoms with Gasteiger partial charge in [-0.1, -0.05) is 0 Å². The van der Waals surface area contributed by atoms with Crippen LogP contribution >= 0.6 is 10.7 Å². The molecule has 56 valence electrons. The Bertz CT molecular complexity index is 329. The Kier molecular flexibility index (Phi) is 1.65. The minimum Gasteiger partial charge on any atom is -0.255 e. The van der Waals surface area contributed by atoms with Gasteiger partial charge >= 0.3 is 0 Å². The summed E-state index contributed by atoms with van der Waals surface area (Å²) in [5, 5.41) is 3.10. The van der Waals surface area contributed by atoms with Gasteiger partial charge in [0.05, 0.1) is 0 Å². The van der Waals surface area contributed by atoms with Gasteiger partial charge in [0.1, 0.15) is 6.33 Å². The van der Waals surface area contributed by atoms with E-state index in [4.69, 9.17) is 10.7 Å². The largest absolute Gasteiger partial charge is 0.298 e. The first kappa shape index (κ1) is 7.49. The third-order valence-corrected chi connectivity index (χ3v) is 1.83. The molecule has 0 aliphatic carbocycles. The summed E-state index contributed by atoms with van der Waals surface area (Å²) in [6.45, 7) is 0. The fourth-order valence-corrected chi connectivity index (χ4v) is 1.04. The number of aromatic nitrogens is 3. The standard InChI is InChI=1S/C3H4ClN3O2S/c1-7-2-5-3(6-7)10(4,8)9/h2H,1H3. The van der Waals surface area contributed by atoms with Gasteiger partial charge in [0.15, 0.2) is 0 Å². The van der Waals surface area contributed by atoms with Crippen LogP contribution in [0.25, 0.3) is 0 Å². The number of rotatable bonds is 1. The van der Waals surface area contributed by atoms with Crippen LogP contribution in [0.2, 0.25) is 0 Å². The molecule has 0 bridgehead atoms. The van der Waals surface area contributed by atoms with E-state index >= 15 is 0 Å². The van der Waals surface area contributed by atoms with Gasteiger partial charge in [0.2, 0.25) is 0 Å². The van der Waals surface area contributed by atoms with Gasteiger partial charge in [0.25, 0.3) is 14.2 Å². The summed E-state index contributed by atoms with van der Waals surface area (Å²) in [5.74, 6) is 0. The van der Waals surface area contributed by atoms with Crippen LogP contribution in [-0.4, -0.2) is 23.2 Å². The summed E-state index contributed by atoms with van der Waals surface area (Å²) in [5.41, 5.74) is 0. The Balaban J connectivity index is 3.21. The fourth-order valence-electron chi connectivity index (χ4n) is 0.431. The van der Waals surface area contributed by atoms with Crippen molar-refractivity contribution in [2.24, 2.45) is 7.05 Å². The molecule has 0 unspecified atom stereocenters. The molecule has 0 amide bonds. The van der Waals surface area contributed by atoms with Crippen molar-refractivity contribution in [2.75, 3.05) is 0 Å². The molecule has 0 spiro atoms. The van der Waals surface area contributed by atoms with E-state index in [1.54, 1.807) is 7.05 Å². The van der Waals surface area contributed by atoms with Gasteiger partial charge in [-0.2, -0.15) is 0 Å². The van der Waals surface area contributed by atoms with Crippen molar-refractivity contribution >= 4 is 19.7 Å². The molecule has 1 rings (SSSR count). The van der Waals surface area contributed by atoms with E-state index in [1.165, 1.54) is 11.0 Å². The summed E-state index contributed by atoms with van der Waals surface area (Å²) in [4.78, 5) is 3.42. The molecule has 1 aromatic rings. The Morgan fingerprint density at radius 3 is 2.50 bits per heavy atom. The lowest BCUT2D eigenvalue weighted by Gasteiger charge is -1.82. The quantitative estimate of drug-likeness (QED) is 0.560. The van der Waals surface area contributed by atoms with E-state index in [0.29, 0.717) is 0 Å². The molecule has 7 heteroatoms. The Morgan fingerprint density at radius 1 is 1.70 bits per heavy atom. The van der Waals surface area contributed by atoms with Gasteiger partial charge in [-0.3, -0.25) is 4.68 Å². The zero-order valence-corrected chi connectivity index (χ0v) is 6.59. The first-order valence-corrected chi connectivity index (χ1v) is 4.61. The highest BCUT2D eigenvalue weighted by molar-refractivity contribution is 8.13. The van der Waals surface area contributed by atoms with E-state index in [0.717, 1.165) is 0 Å². The molecule has 0 aliphatic heterocycles.